The van der Waals surface area contributed by atoms with E-state index in [1.807, 2.05) is 6.92 Å². The predicted molar refractivity (Wildman–Crippen MR) is 76.0 cm³/mol. The van der Waals surface area contributed by atoms with Crippen LogP contribution >= 0.6 is 0 Å². The van der Waals surface area contributed by atoms with Gasteiger partial charge in [-0.1, -0.05) is 0 Å². The van der Waals surface area contributed by atoms with Gasteiger partial charge < -0.3 is 14.7 Å². The van der Waals surface area contributed by atoms with E-state index in [9.17, 15) is 9.59 Å². The van der Waals surface area contributed by atoms with E-state index in [1.165, 1.54) is 0 Å². The highest BCUT2D eigenvalue weighted by Gasteiger charge is 2.32. The molecule has 21 heavy (non-hydrogen) atoms. The lowest BCUT2D eigenvalue weighted by Crippen LogP contribution is -2.48. The number of carbonyl (C=O) groups excluding carboxylic acids is 1. The van der Waals surface area contributed by atoms with Gasteiger partial charge in [-0.25, -0.2) is 0 Å². The van der Waals surface area contributed by atoms with Crippen LogP contribution in [0.4, 0.5) is 0 Å². The van der Waals surface area contributed by atoms with E-state index in [1.54, 1.807) is 30.3 Å². The van der Waals surface area contributed by atoms with Gasteiger partial charge in [0.05, 0.1) is 25.6 Å². The summed E-state index contributed by atoms with van der Waals surface area (Å²) < 4.78 is 5.02. The third kappa shape index (κ3) is 3.71. The van der Waals surface area contributed by atoms with Crippen LogP contribution < -0.4 is 4.74 Å². The number of piperidine rings is 1. The molecule has 0 saturated carbocycles. The molecule has 2 heterocycles. The van der Waals surface area contributed by atoms with E-state index in [2.05, 4.69) is 4.98 Å². The lowest BCUT2D eigenvalue weighted by atomic mass is 9.93. The van der Waals surface area contributed by atoms with Gasteiger partial charge in [-0.3, -0.25) is 14.6 Å². The first kappa shape index (κ1) is 15.3. The Bertz CT molecular complexity index is 515. The third-order valence-corrected chi connectivity index (χ3v) is 3.92. The van der Waals surface area contributed by atoms with Gasteiger partial charge in [0, 0.05) is 18.3 Å². The number of carboxylic acid groups (broad SMARTS) is 1. The van der Waals surface area contributed by atoms with Crippen molar-refractivity contribution in [3.63, 3.8) is 0 Å². The zero-order chi connectivity index (χ0) is 15.4. The second kappa shape index (κ2) is 6.56. The monoisotopic (exact) mass is 292 g/mol. The second-order valence-corrected chi connectivity index (χ2v) is 5.37. The van der Waals surface area contributed by atoms with Gasteiger partial charge in [0.1, 0.15) is 5.75 Å². The van der Waals surface area contributed by atoms with Gasteiger partial charge in [0.15, 0.2) is 0 Å². The number of hydrogen-bond acceptors (Lipinski definition) is 4. The maximum absolute atomic E-state index is 12.4. The summed E-state index contributed by atoms with van der Waals surface area (Å²) in [5.41, 5.74) is 0.658. The molecule has 1 amide bonds. The van der Waals surface area contributed by atoms with E-state index >= 15 is 0 Å². The zero-order valence-corrected chi connectivity index (χ0v) is 12.3. The van der Waals surface area contributed by atoms with E-state index in [-0.39, 0.29) is 24.9 Å². The van der Waals surface area contributed by atoms with Crippen LogP contribution in [0.25, 0.3) is 0 Å². The van der Waals surface area contributed by atoms with Crippen LogP contribution in [0.5, 0.6) is 5.75 Å². The topological polar surface area (TPSA) is 79.7 Å². The highest BCUT2D eigenvalue weighted by atomic mass is 16.5. The molecule has 2 rings (SSSR count). The average Bonchev–Trinajstić information content (AvgIpc) is 2.48. The Morgan fingerprint density at radius 3 is 2.76 bits per heavy atom. The number of aliphatic carboxylic acids is 1. The number of amides is 1. The van der Waals surface area contributed by atoms with Crippen molar-refractivity contribution in [3.05, 3.63) is 24.0 Å². The Hall–Kier alpha value is -2.11. The smallest absolute Gasteiger partial charge is 0.308 e. The summed E-state index contributed by atoms with van der Waals surface area (Å²) in [5, 5.41) is 9.11. The molecule has 1 aromatic heterocycles. The van der Waals surface area contributed by atoms with Gasteiger partial charge in [0.2, 0.25) is 5.91 Å². The minimum atomic E-state index is -0.831. The molecule has 0 radical (unpaired) electrons. The minimum absolute atomic E-state index is 0.0753. The van der Waals surface area contributed by atoms with Crippen LogP contribution in [0, 0.1) is 5.92 Å². The van der Waals surface area contributed by atoms with Crippen LogP contribution in [-0.2, 0) is 16.0 Å². The Labute approximate surface area is 123 Å². The molecule has 0 aliphatic carbocycles. The van der Waals surface area contributed by atoms with Crippen molar-refractivity contribution >= 4 is 11.9 Å². The van der Waals surface area contributed by atoms with Gasteiger partial charge in [-0.15, -0.1) is 0 Å². The summed E-state index contributed by atoms with van der Waals surface area (Å²) in [5.74, 6) is -0.731. The number of ether oxygens (including phenoxy) is 1. The van der Waals surface area contributed by atoms with Crippen LogP contribution in [0.3, 0.4) is 0 Å². The molecule has 0 spiro atoms. The second-order valence-electron chi connectivity index (χ2n) is 5.37. The molecule has 1 aromatic rings. The first-order valence-electron chi connectivity index (χ1n) is 7.02. The van der Waals surface area contributed by atoms with Gasteiger partial charge in [0.25, 0.3) is 0 Å². The van der Waals surface area contributed by atoms with Crippen molar-refractivity contribution < 1.29 is 19.4 Å². The quantitative estimate of drug-likeness (QED) is 0.906. The molecule has 2 unspecified atom stereocenters. The molecule has 2 atom stereocenters. The van der Waals surface area contributed by atoms with Crippen molar-refractivity contribution in [2.75, 3.05) is 13.7 Å². The highest BCUT2D eigenvalue weighted by Crippen LogP contribution is 2.23. The number of carboxylic acids is 1. The van der Waals surface area contributed by atoms with E-state index < -0.39 is 11.9 Å². The number of rotatable bonds is 4. The number of likely N-dealkylation sites (tertiary alicyclic amines) is 1. The Morgan fingerprint density at radius 1 is 1.43 bits per heavy atom. The molecule has 0 bridgehead atoms. The summed E-state index contributed by atoms with van der Waals surface area (Å²) >= 11 is 0. The van der Waals surface area contributed by atoms with Crippen LogP contribution in [0.15, 0.2) is 18.3 Å². The van der Waals surface area contributed by atoms with Gasteiger partial charge in [-0.2, -0.15) is 0 Å². The molecule has 1 saturated heterocycles. The fourth-order valence-electron chi connectivity index (χ4n) is 2.55. The maximum Gasteiger partial charge on any atom is 0.308 e. The fourth-order valence-corrected chi connectivity index (χ4v) is 2.55. The summed E-state index contributed by atoms with van der Waals surface area (Å²) in [6, 6.07) is 3.58. The Morgan fingerprint density at radius 2 is 2.19 bits per heavy atom. The summed E-state index contributed by atoms with van der Waals surface area (Å²) in [4.78, 5) is 29.3. The van der Waals surface area contributed by atoms with Crippen LogP contribution in [0.1, 0.15) is 25.5 Å². The number of aromatic nitrogens is 1. The third-order valence-electron chi connectivity index (χ3n) is 3.92. The van der Waals surface area contributed by atoms with Crippen molar-refractivity contribution in [3.8, 4) is 5.75 Å². The lowest BCUT2D eigenvalue weighted by Gasteiger charge is -2.36. The standard InChI is InChI=1S/C15H20N2O4/c1-10-3-4-11(15(19)20)9-17(10)14(18)7-12-5-6-13(21-2)8-16-12/h5-6,8,10-11H,3-4,7,9H2,1-2H3,(H,19,20). The molecular weight excluding hydrogens is 272 g/mol. The molecule has 1 aliphatic heterocycles. The lowest BCUT2D eigenvalue weighted by molar-refractivity contribution is -0.147. The SMILES string of the molecule is COc1ccc(CC(=O)N2CC(C(=O)O)CCC2C)nc1. The number of hydrogen-bond donors (Lipinski definition) is 1. The largest absolute Gasteiger partial charge is 0.495 e. The molecule has 0 aromatic carbocycles. The highest BCUT2D eigenvalue weighted by molar-refractivity contribution is 5.80. The molecule has 1 aliphatic rings. The molecule has 6 heteroatoms. The summed E-state index contributed by atoms with van der Waals surface area (Å²) in [7, 11) is 1.56. The van der Waals surface area contributed by atoms with Crippen LogP contribution in [-0.4, -0.2) is 46.6 Å². The van der Waals surface area contributed by atoms with Crippen molar-refractivity contribution in [2.45, 2.75) is 32.2 Å². The number of nitrogens with zero attached hydrogens (tertiary/aromatic N) is 2. The van der Waals surface area contributed by atoms with Crippen molar-refractivity contribution in [2.24, 2.45) is 5.92 Å². The van der Waals surface area contributed by atoms with E-state index in [0.29, 0.717) is 17.9 Å². The summed E-state index contributed by atoms with van der Waals surface area (Å²) in [6.07, 6.45) is 3.10. The van der Waals surface area contributed by atoms with Crippen molar-refractivity contribution in [1.29, 1.82) is 0 Å². The first-order valence-corrected chi connectivity index (χ1v) is 7.02. The Kier molecular flexibility index (Phi) is 4.77. The number of carbonyl (C=O) groups is 2. The Balaban J connectivity index is 2.01. The maximum atomic E-state index is 12.4. The summed E-state index contributed by atoms with van der Waals surface area (Å²) in [6.45, 7) is 2.24. The normalized spacial score (nSPS) is 21.9. The first-order chi connectivity index (χ1) is 10.0. The van der Waals surface area contributed by atoms with Crippen LogP contribution in [0.2, 0.25) is 0 Å². The fraction of sp³-hybridized carbons (Fsp3) is 0.533. The van der Waals surface area contributed by atoms with E-state index in [0.717, 1.165) is 6.42 Å². The molecular formula is C15H20N2O4. The average molecular weight is 292 g/mol. The predicted octanol–water partition coefficient (Wildman–Crippen LogP) is 1.34. The van der Waals surface area contributed by atoms with Gasteiger partial charge >= 0.3 is 5.97 Å². The van der Waals surface area contributed by atoms with E-state index in [4.69, 9.17) is 9.84 Å². The number of pyridine rings is 1. The van der Waals surface area contributed by atoms with Gasteiger partial charge in [-0.05, 0) is 31.9 Å². The zero-order valence-electron chi connectivity index (χ0n) is 12.3. The molecule has 6 nitrogen and oxygen atoms in total. The molecule has 1 N–H and O–H groups in total. The van der Waals surface area contributed by atoms with Crippen molar-refractivity contribution in [1.82, 2.24) is 9.88 Å². The molecule has 114 valence electrons. The number of methoxy groups -OCH3 is 1. The molecule has 1 fully saturated rings. The minimum Gasteiger partial charge on any atom is -0.495 e.